The Bertz CT molecular complexity index is 1180. The van der Waals surface area contributed by atoms with Crippen LogP contribution in [0.4, 0.5) is 5.69 Å². The van der Waals surface area contributed by atoms with E-state index in [0.29, 0.717) is 5.89 Å². The second-order valence-corrected chi connectivity index (χ2v) is 7.24. The number of aliphatic imine (C=N–C) groups is 1. The normalized spacial score (nSPS) is 10.5. The summed E-state index contributed by atoms with van der Waals surface area (Å²) < 4.78 is 13.3. The van der Waals surface area contributed by atoms with Crippen molar-refractivity contribution in [1.29, 1.82) is 0 Å². The third-order valence-corrected chi connectivity index (χ3v) is 5.10. The molecule has 5 nitrogen and oxygen atoms in total. The van der Waals surface area contributed by atoms with Crippen molar-refractivity contribution in [3.05, 3.63) is 84.8 Å². The van der Waals surface area contributed by atoms with Gasteiger partial charge in [0, 0.05) is 29.7 Å². The summed E-state index contributed by atoms with van der Waals surface area (Å²) in [7, 11) is 1.65. The summed E-state index contributed by atoms with van der Waals surface area (Å²) in [5, 5.41) is 2.39. The van der Waals surface area contributed by atoms with Gasteiger partial charge < -0.3 is 9.15 Å². The molecule has 0 aliphatic rings. The number of ether oxygens (including phenoxy) is 1. The number of nitrogens with zero attached hydrogens (tertiary/aromatic N) is 3. The zero-order chi connectivity index (χ0) is 21.5. The van der Waals surface area contributed by atoms with Gasteiger partial charge in [-0.25, -0.2) is 9.55 Å². The first-order chi connectivity index (χ1) is 15.2. The van der Waals surface area contributed by atoms with Crippen LogP contribution < -0.4 is 9.30 Å². The maximum Gasteiger partial charge on any atom is 0.227 e. The quantitative estimate of drug-likeness (QED) is 0.206. The number of aryl methyl sites for hydroxylation is 2. The van der Waals surface area contributed by atoms with Gasteiger partial charge in [0.15, 0.2) is 18.2 Å². The van der Waals surface area contributed by atoms with Crippen molar-refractivity contribution in [3.8, 4) is 28.5 Å². The monoisotopic (exact) mass is 428 g/mol. The fraction of sp³-hybridized carbons (Fsp3) is 0.160. The van der Waals surface area contributed by atoms with E-state index in [4.69, 9.17) is 9.15 Å². The molecule has 4 rings (SSSR count). The van der Waals surface area contributed by atoms with Crippen LogP contribution in [0.15, 0.2) is 88.7 Å². The Morgan fingerprint density at radius 3 is 2.42 bits per heavy atom. The van der Waals surface area contributed by atoms with Gasteiger partial charge in [0.05, 0.1) is 24.2 Å². The third-order valence-electron chi connectivity index (χ3n) is 5.01. The van der Waals surface area contributed by atoms with Crippen molar-refractivity contribution in [3.63, 3.8) is 0 Å². The fourth-order valence-corrected chi connectivity index (χ4v) is 3.41. The first-order valence-electron chi connectivity index (χ1n) is 10.0. The maximum absolute atomic E-state index is 5.96. The molecule has 6 heteroatoms. The lowest BCUT2D eigenvalue weighted by atomic mass is 10.1. The summed E-state index contributed by atoms with van der Waals surface area (Å²) in [5.41, 5.74) is 4.04. The van der Waals surface area contributed by atoms with Crippen LogP contribution in [0.1, 0.15) is 12.0 Å². The molecule has 0 unspecified atom stereocenters. The van der Waals surface area contributed by atoms with Gasteiger partial charge in [0.2, 0.25) is 5.89 Å². The molecular weight excluding hydrogens is 406 g/mol. The molecule has 0 amide bonds. The molecule has 2 aromatic heterocycles. The molecule has 31 heavy (non-hydrogen) atoms. The first-order valence-corrected chi connectivity index (χ1v) is 10.4. The Balaban J connectivity index is 1.34. The topological polar surface area (TPSA) is 51.5 Å². The largest absolute Gasteiger partial charge is 0.497 e. The van der Waals surface area contributed by atoms with E-state index in [9.17, 15) is 0 Å². The lowest BCUT2D eigenvalue weighted by Crippen LogP contribution is -2.32. The van der Waals surface area contributed by atoms with Crippen LogP contribution in [0, 0.1) is 0 Å². The van der Waals surface area contributed by atoms with Gasteiger partial charge in [-0.05, 0) is 60.6 Å². The van der Waals surface area contributed by atoms with Crippen LogP contribution in [0.3, 0.4) is 0 Å². The van der Waals surface area contributed by atoms with E-state index in [1.54, 1.807) is 13.3 Å². The second-order valence-electron chi connectivity index (χ2n) is 7.06. The summed E-state index contributed by atoms with van der Waals surface area (Å²) in [4.78, 5) is 8.41. The van der Waals surface area contributed by atoms with Crippen molar-refractivity contribution in [2.75, 3.05) is 7.11 Å². The van der Waals surface area contributed by atoms with E-state index in [1.807, 2.05) is 48.5 Å². The van der Waals surface area contributed by atoms with Crippen LogP contribution in [0.2, 0.25) is 0 Å². The Hall–Kier alpha value is -3.60. The molecule has 0 saturated carbocycles. The molecule has 4 aromatic rings. The van der Waals surface area contributed by atoms with Gasteiger partial charge in [0.25, 0.3) is 0 Å². The predicted octanol–water partition coefficient (Wildman–Crippen LogP) is 5.67. The van der Waals surface area contributed by atoms with Crippen molar-refractivity contribution in [1.82, 2.24) is 4.98 Å². The average Bonchev–Trinajstić information content (AvgIpc) is 3.31. The van der Waals surface area contributed by atoms with E-state index in [1.165, 1.54) is 5.56 Å². The van der Waals surface area contributed by atoms with Crippen LogP contribution in [0.25, 0.3) is 22.8 Å². The summed E-state index contributed by atoms with van der Waals surface area (Å²) in [6, 6.07) is 19.9. The Labute approximate surface area is 186 Å². The summed E-state index contributed by atoms with van der Waals surface area (Å²) >= 11 is 4.63. The lowest BCUT2D eigenvalue weighted by molar-refractivity contribution is -0.697. The average molecular weight is 429 g/mol. The standard InChI is InChI=1S/C25H22N3O2S/c1-29-23-10-6-20(7-11-23)24-17-26-25(30-24)21-12-15-28(16-13-21)14-2-3-19-4-8-22(9-5-19)27-18-31/h4-13,15-17H,2-3,14H2,1H3/q+1. The number of thiocarbonyl (C=S) groups is 1. The Morgan fingerprint density at radius 2 is 1.74 bits per heavy atom. The fourth-order valence-electron chi connectivity index (χ4n) is 3.30. The van der Waals surface area contributed by atoms with E-state index in [2.05, 4.69) is 56.4 Å². The van der Waals surface area contributed by atoms with Gasteiger partial charge in [-0.2, -0.15) is 4.99 Å². The summed E-state index contributed by atoms with van der Waals surface area (Å²) in [6.07, 6.45) is 7.91. The Kier molecular flexibility index (Phi) is 6.62. The number of rotatable bonds is 8. The highest BCUT2D eigenvalue weighted by Gasteiger charge is 2.10. The Morgan fingerprint density at radius 1 is 1.00 bits per heavy atom. The molecule has 0 atom stereocenters. The van der Waals surface area contributed by atoms with E-state index in [0.717, 1.165) is 47.7 Å². The van der Waals surface area contributed by atoms with E-state index >= 15 is 0 Å². The predicted molar refractivity (Wildman–Crippen MR) is 124 cm³/mol. The highest BCUT2D eigenvalue weighted by molar-refractivity contribution is 7.78. The number of oxazole rings is 1. The molecule has 154 valence electrons. The smallest absolute Gasteiger partial charge is 0.227 e. The van der Waals surface area contributed by atoms with Crippen molar-refractivity contribution < 1.29 is 13.7 Å². The van der Waals surface area contributed by atoms with Gasteiger partial charge in [-0.1, -0.05) is 12.1 Å². The molecule has 2 heterocycles. The highest BCUT2D eigenvalue weighted by Crippen LogP contribution is 2.26. The second kappa shape index (κ2) is 9.94. The zero-order valence-electron chi connectivity index (χ0n) is 17.2. The first kappa shape index (κ1) is 20.7. The summed E-state index contributed by atoms with van der Waals surface area (Å²) in [5.74, 6) is 2.15. The van der Waals surface area contributed by atoms with Crippen LogP contribution in [0.5, 0.6) is 5.75 Å². The van der Waals surface area contributed by atoms with Gasteiger partial charge >= 0.3 is 0 Å². The third kappa shape index (κ3) is 5.31. The number of isothiocyanates is 1. The molecule has 0 saturated heterocycles. The number of benzene rings is 2. The molecule has 2 aromatic carbocycles. The number of aromatic nitrogens is 2. The van der Waals surface area contributed by atoms with Crippen LogP contribution >= 0.6 is 12.2 Å². The number of pyridine rings is 1. The van der Waals surface area contributed by atoms with Crippen molar-refractivity contribution in [2.24, 2.45) is 4.99 Å². The van der Waals surface area contributed by atoms with Gasteiger partial charge in [-0.3, -0.25) is 0 Å². The van der Waals surface area contributed by atoms with E-state index in [-0.39, 0.29) is 0 Å². The molecule has 0 N–H and O–H groups in total. The zero-order valence-corrected chi connectivity index (χ0v) is 18.0. The maximum atomic E-state index is 5.96. The minimum absolute atomic E-state index is 0.608. The van der Waals surface area contributed by atoms with Gasteiger partial charge in [-0.15, -0.1) is 0 Å². The minimum atomic E-state index is 0.608. The SMILES string of the molecule is COc1ccc(-c2cnc(-c3cc[n+](CCCc4ccc(N=C=S)cc4)cc3)o2)cc1. The minimum Gasteiger partial charge on any atom is -0.497 e. The molecule has 0 radical (unpaired) electrons. The molecule has 0 aliphatic heterocycles. The molecule has 0 fully saturated rings. The number of methoxy groups -OCH3 is 1. The molecular formula is C25H22N3O2S+. The number of hydrogen-bond donors (Lipinski definition) is 0. The lowest BCUT2D eigenvalue weighted by Gasteiger charge is -2.01. The van der Waals surface area contributed by atoms with Crippen molar-refractivity contribution >= 4 is 23.1 Å². The summed E-state index contributed by atoms with van der Waals surface area (Å²) in [6.45, 7) is 0.933. The van der Waals surface area contributed by atoms with Crippen LogP contribution in [-0.4, -0.2) is 17.3 Å². The van der Waals surface area contributed by atoms with E-state index < -0.39 is 0 Å². The van der Waals surface area contributed by atoms with Crippen molar-refractivity contribution in [2.45, 2.75) is 19.4 Å². The number of hydrogen-bond acceptors (Lipinski definition) is 5. The van der Waals surface area contributed by atoms with Gasteiger partial charge in [0.1, 0.15) is 12.3 Å². The highest BCUT2D eigenvalue weighted by atomic mass is 32.1. The molecule has 0 bridgehead atoms. The van der Waals surface area contributed by atoms with Crippen LogP contribution in [-0.2, 0) is 13.0 Å². The molecule has 0 spiro atoms. The molecule has 0 aliphatic carbocycles.